The summed E-state index contributed by atoms with van der Waals surface area (Å²) in [5.74, 6) is -0.621. The van der Waals surface area contributed by atoms with Crippen molar-refractivity contribution in [3.05, 3.63) is 59.7 Å². The standard InChI is InChI=1S/C28H34N2O5/c1-19(17-25(31)30-15-12-28(2,13-16-30)26(32)33)11-14-29-27(34)35-18-24-22-9-5-3-7-20(22)21-8-4-6-10-23(21)24/h3-10,19,24H,11-18H2,1-2H3,(H,29,34)(H,32,33). The number of carboxylic acid groups (broad SMARTS) is 1. The van der Waals surface area contributed by atoms with Crippen LogP contribution in [0.3, 0.4) is 0 Å². The summed E-state index contributed by atoms with van der Waals surface area (Å²) < 4.78 is 5.56. The Morgan fingerprint density at radius 3 is 2.20 bits per heavy atom. The number of fused-ring (bicyclic) bond motifs is 3. The lowest BCUT2D eigenvalue weighted by atomic mass is 9.80. The van der Waals surface area contributed by atoms with Gasteiger partial charge in [0, 0.05) is 32.0 Å². The second-order valence-corrected chi connectivity index (χ2v) is 10.1. The van der Waals surface area contributed by atoms with E-state index >= 15 is 0 Å². The van der Waals surface area contributed by atoms with Crippen LogP contribution in [-0.2, 0) is 14.3 Å². The molecule has 186 valence electrons. The van der Waals surface area contributed by atoms with Crippen molar-refractivity contribution >= 4 is 18.0 Å². The molecule has 0 radical (unpaired) electrons. The zero-order valence-corrected chi connectivity index (χ0v) is 20.5. The van der Waals surface area contributed by atoms with Gasteiger partial charge in [0.05, 0.1) is 5.41 Å². The summed E-state index contributed by atoms with van der Waals surface area (Å²) in [6.07, 6.45) is 1.55. The SMILES string of the molecule is CC(CCNC(=O)OCC1c2ccccc2-c2ccccc21)CC(=O)N1CCC(C)(C(=O)O)CC1. The van der Waals surface area contributed by atoms with Gasteiger partial charge in [-0.3, -0.25) is 9.59 Å². The number of aliphatic carboxylic acids is 1. The molecule has 1 aliphatic carbocycles. The lowest BCUT2D eigenvalue weighted by molar-refractivity contribution is -0.153. The number of likely N-dealkylation sites (tertiary alicyclic amines) is 1. The Balaban J connectivity index is 1.18. The second-order valence-electron chi connectivity index (χ2n) is 10.1. The number of amides is 2. The van der Waals surface area contributed by atoms with Crippen molar-refractivity contribution < 1.29 is 24.2 Å². The highest BCUT2D eigenvalue weighted by Gasteiger charge is 2.38. The van der Waals surface area contributed by atoms with E-state index in [1.807, 2.05) is 31.2 Å². The van der Waals surface area contributed by atoms with E-state index in [9.17, 15) is 19.5 Å². The lowest BCUT2D eigenvalue weighted by Gasteiger charge is -2.36. The summed E-state index contributed by atoms with van der Waals surface area (Å²) in [6, 6.07) is 16.4. The molecule has 0 saturated carbocycles. The Morgan fingerprint density at radius 1 is 1.06 bits per heavy atom. The normalized spacial score (nSPS) is 17.3. The van der Waals surface area contributed by atoms with Gasteiger partial charge >= 0.3 is 12.1 Å². The van der Waals surface area contributed by atoms with Crippen molar-refractivity contribution in [1.82, 2.24) is 10.2 Å². The molecule has 0 bridgehead atoms. The first-order chi connectivity index (χ1) is 16.8. The monoisotopic (exact) mass is 478 g/mol. The predicted octanol–water partition coefficient (Wildman–Crippen LogP) is 4.65. The van der Waals surface area contributed by atoms with Crippen molar-refractivity contribution in [1.29, 1.82) is 0 Å². The van der Waals surface area contributed by atoms with E-state index in [0.29, 0.717) is 45.3 Å². The molecule has 7 heteroatoms. The Labute approximate surface area is 206 Å². The van der Waals surface area contributed by atoms with Gasteiger partial charge in [0.2, 0.25) is 5.91 Å². The lowest BCUT2D eigenvalue weighted by Crippen LogP contribution is -2.45. The maximum atomic E-state index is 12.6. The molecule has 2 aliphatic rings. The first-order valence-corrected chi connectivity index (χ1v) is 12.4. The van der Waals surface area contributed by atoms with Gasteiger partial charge in [-0.05, 0) is 54.4 Å². The van der Waals surface area contributed by atoms with Crippen LogP contribution in [0.25, 0.3) is 11.1 Å². The fraction of sp³-hybridized carbons (Fsp3) is 0.464. The smallest absolute Gasteiger partial charge is 0.407 e. The van der Waals surface area contributed by atoms with Gasteiger partial charge in [0.15, 0.2) is 0 Å². The maximum absolute atomic E-state index is 12.6. The zero-order chi connectivity index (χ0) is 25.0. The minimum atomic E-state index is -0.794. The Hall–Kier alpha value is -3.35. The third-order valence-corrected chi connectivity index (χ3v) is 7.51. The van der Waals surface area contributed by atoms with E-state index in [1.165, 1.54) is 22.3 Å². The topological polar surface area (TPSA) is 95.9 Å². The second kappa shape index (κ2) is 10.5. The van der Waals surface area contributed by atoms with Gasteiger partial charge in [-0.25, -0.2) is 4.79 Å². The Morgan fingerprint density at radius 2 is 1.63 bits per heavy atom. The third-order valence-electron chi connectivity index (χ3n) is 7.51. The van der Waals surface area contributed by atoms with Crippen LogP contribution >= 0.6 is 0 Å². The highest BCUT2D eigenvalue weighted by molar-refractivity contribution is 5.79. The van der Waals surface area contributed by atoms with Crippen LogP contribution in [0, 0.1) is 11.3 Å². The van der Waals surface area contributed by atoms with Crippen molar-refractivity contribution in [3.8, 4) is 11.1 Å². The number of carboxylic acids is 1. The number of piperidine rings is 1. The van der Waals surface area contributed by atoms with Crippen molar-refractivity contribution in [3.63, 3.8) is 0 Å². The maximum Gasteiger partial charge on any atom is 0.407 e. The van der Waals surface area contributed by atoms with Gasteiger partial charge in [-0.2, -0.15) is 0 Å². The van der Waals surface area contributed by atoms with Crippen molar-refractivity contribution in [2.45, 2.75) is 45.4 Å². The number of carbonyl (C=O) groups is 3. The molecule has 1 fully saturated rings. The van der Waals surface area contributed by atoms with Gasteiger partial charge in [0.1, 0.15) is 6.61 Å². The summed E-state index contributed by atoms with van der Waals surface area (Å²) >= 11 is 0. The van der Waals surface area contributed by atoms with Crippen molar-refractivity contribution in [2.24, 2.45) is 11.3 Å². The number of carbonyl (C=O) groups excluding carboxylic acids is 2. The molecule has 7 nitrogen and oxygen atoms in total. The van der Waals surface area contributed by atoms with Crippen LogP contribution in [0.4, 0.5) is 4.79 Å². The predicted molar refractivity (Wildman–Crippen MR) is 133 cm³/mol. The minimum absolute atomic E-state index is 0.0252. The number of benzene rings is 2. The highest BCUT2D eigenvalue weighted by Crippen LogP contribution is 2.44. The molecular formula is C28H34N2O5. The molecule has 1 atom stereocenters. The van der Waals surface area contributed by atoms with Gasteiger partial charge in [0.25, 0.3) is 0 Å². The number of rotatable bonds is 8. The van der Waals surface area contributed by atoms with Gasteiger partial charge in [-0.15, -0.1) is 0 Å². The summed E-state index contributed by atoms with van der Waals surface area (Å²) in [4.78, 5) is 38.1. The van der Waals surface area contributed by atoms with Crippen LogP contribution in [0.5, 0.6) is 0 Å². The number of alkyl carbamates (subject to hydrolysis) is 1. The average molecular weight is 479 g/mol. The molecule has 1 unspecified atom stereocenters. The van der Waals surface area contributed by atoms with E-state index < -0.39 is 17.5 Å². The van der Waals surface area contributed by atoms with Gasteiger partial charge in [-0.1, -0.05) is 55.5 Å². The fourth-order valence-corrected chi connectivity index (χ4v) is 5.06. The quantitative estimate of drug-likeness (QED) is 0.576. The van der Waals surface area contributed by atoms with Crippen LogP contribution in [-0.4, -0.2) is 54.2 Å². The molecule has 2 amide bonds. The summed E-state index contributed by atoms with van der Waals surface area (Å²) in [5.41, 5.74) is 3.99. The van der Waals surface area contributed by atoms with Crippen LogP contribution in [0.2, 0.25) is 0 Å². The first kappa shape index (κ1) is 24.8. The zero-order valence-electron chi connectivity index (χ0n) is 20.5. The van der Waals surface area contributed by atoms with Crippen LogP contribution in [0.1, 0.15) is 56.6 Å². The minimum Gasteiger partial charge on any atom is -0.481 e. The molecule has 0 aromatic heterocycles. The van der Waals surface area contributed by atoms with E-state index in [2.05, 4.69) is 29.6 Å². The molecule has 1 heterocycles. The summed E-state index contributed by atoms with van der Waals surface area (Å²) in [6.45, 7) is 5.40. The van der Waals surface area contributed by atoms with Crippen LogP contribution in [0.15, 0.2) is 48.5 Å². The number of nitrogens with zero attached hydrogens (tertiary/aromatic N) is 1. The molecule has 2 aromatic carbocycles. The van der Waals surface area contributed by atoms with Crippen molar-refractivity contribution in [2.75, 3.05) is 26.2 Å². The van der Waals surface area contributed by atoms with Crippen LogP contribution < -0.4 is 5.32 Å². The summed E-state index contributed by atoms with van der Waals surface area (Å²) in [5, 5.41) is 12.2. The molecular weight excluding hydrogens is 444 g/mol. The molecule has 1 aliphatic heterocycles. The Kier molecular flexibility index (Phi) is 7.43. The molecule has 2 aromatic rings. The Bertz CT molecular complexity index is 1040. The largest absolute Gasteiger partial charge is 0.481 e. The van der Waals surface area contributed by atoms with E-state index in [-0.39, 0.29) is 24.3 Å². The highest BCUT2D eigenvalue weighted by atomic mass is 16.5. The fourth-order valence-electron chi connectivity index (χ4n) is 5.06. The summed E-state index contributed by atoms with van der Waals surface area (Å²) in [7, 11) is 0. The van der Waals surface area contributed by atoms with E-state index in [1.54, 1.807) is 11.8 Å². The van der Waals surface area contributed by atoms with Gasteiger partial charge < -0.3 is 20.1 Å². The molecule has 1 saturated heterocycles. The molecule has 0 spiro atoms. The average Bonchev–Trinajstić information content (AvgIpc) is 3.17. The molecule has 35 heavy (non-hydrogen) atoms. The van der Waals surface area contributed by atoms with E-state index in [4.69, 9.17) is 4.74 Å². The molecule has 4 rings (SSSR count). The third kappa shape index (κ3) is 5.50. The molecule has 2 N–H and O–H groups in total. The van der Waals surface area contributed by atoms with E-state index in [0.717, 1.165) is 0 Å². The first-order valence-electron chi connectivity index (χ1n) is 12.4. The number of nitrogens with one attached hydrogen (secondary N) is 1. The number of hydrogen-bond donors (Lipinski definition) is 2. The number of ether oxygens (including phenoxy) is 1. The number of hydrogen-bond acceptors (Lipinski definition) is 4.